The van der Waals surface area contributed by atoms with Gasteiger partial charge in [-0.2, -0.15) is 0 Å². The van der Waals surface area contributed by atoms with Gasteiger partial charge in [-0.15, -0.1) is 0 Å². The van der Waals surface area contributed by atoms with Gasteiger partial charge >= 0.3 is 0 Å². The van der Waals surface area contributed by atoms with Crippen molar-refractivity contribution in [2.75, 3.05) is 6.54 Å². The van der Waals surface area contributed by atoms with E-state index >= 15 is 0 Å². The second kappa shape index (κ2) is 6.26. The fraction of sp³-hybridized carbons (Fsp3) is 0.333. The number of nitrogens with zero attached hydrogens (tertiary/aromatic N) is 2. The van der Waals surface area contributed by atoms with Crippen molar-refractivity contribution in [1.29, 1.82) is 0 Å². The molecule has 1 N–H and O–H groups in total. The lowest BCUT2D eigenvalue weighted by atomic mass is 10.1. The van der Waals surface area contributed by atoms with E-state index in [2.05, 4.69) is 38.1 Å². The van der Waals surface area contributed by atoms with Gasteiger partial charge < -0.3 is 5.32 Å². The van der Waals surface area contributed by atoms with Crippen molar-refractivity contribution in [3.05, 3.63) is 45.7 Å². The van der Waals surface area contributed by atoms with Gasteiger partial charge in [0.1, 0.15) is 0 Å². The normalized spacial score (nSPS) is 10.7. The molecule has 0 atom stereocenters. The molecule has 0 fully saturated rings. The van der Waals surface area contributed by atoms with Crippen LogP contribution in [0.2, 0.25) is 0 Å². The zero-order valence-corrected chi connectivity index (χ0v) is 13.1. The summed E-state index contributed by atoms with van der Waals surface area (Å²) in [5, 5.41) is 3.33. The number of nitrogens with one attached hydrogen (secondary N) is 1. The highest BCUT2D eigenvalue weighted by Gasteiger charge is 2.09. The predicted molar refractivity (Wildman–Crippen MR) is 82.0 cm³/mol. The van der Waals surface area contributed by atoms with Crippen LogP contribution in [0.15, 0.2) is 28.7 Å². The van der Waals surface area contributed by atoms with E-state index in [0.717, 1.165) is 40.3 Å². The average molecular weight is 320 g/mol. The zero-order chi connectivity index (χ0) is 13.8. The van der Waals surface area contributed by atoms with Crippen LogP contribution in [-0.4, -0.2) is 16.5 Å². The smallest absolute Gasteiger partial charge is 0.159 e. The number of hydrogen-bond donors (Lipinski definition) is 1. The van der Waals surface area contributed by atoms with Crippen LogP contribution in [0, 0.1) is 13.8 Å². The Bertz CT molecular complexity index is 558. The number of hydrogen-bond acceptors (Lipinski definition) is 3. The van der Waals surface area contributed by atoms with E-state index in [-0.39, 0.29) is 0 Å². The summed E-state index contributed by atoms with van der Waals surface area (Å²) in [5.41, 5.74) is 4.32. The van der Waals surface area contributed by atoms with Crippen LogP contribution in [0.5, 0.6) is 0 Å². The maximum absolute atomic E-state index is 4.63. The molecule has 0 saturated carbocycles. The summed E-state index contributed by atoms with van der Waals surface area (Å²) in [7, 11) is 0. The average Bonchev–Trinajstić information content (AvgIpc) is 2.37. The maximum atomic E-state index is 4.63. The number of benzene rings is 1. The molecule has 3 nitrogen and oxygen atoms in total. The van der Waals surface area contributed by atoms with Crippen molar-refractivity contribution in [2.45, 2.75) is 27.3 Å². The lowest BCUT2D eigenvalue weighted by Crippen LogP contribution is -2.15. The van der Waals surface area contributed by atoms with Crippen molar-refractivity contribution < 1.29 is 0 Å². The number of rotatable bonds is 4. The first-order valence-corrected chi connectivity index (χ1v) is 7.22. The Morgan fingerprint density at radius 2 is 1.84 bits per heavy atom. The van der Waals surface area contributed by atoms with E-state index < -0.39 is 0 Å². The van der Waals surface area contributed by atoms with Gasteiger partial charge in [0, 0.05) is 33.5 Å². The summed E-state index contributed by atoms with van der Waals surface area (Å²) in [4.78, 5) is 9.25. The van der Waals surface area contributed by atoms with Crippen molar-refractivity contribution in [2.24, 2.45) is 0 Å². The highest BCUT2D eigenvalue weighted by atomic mass is 79.9. The third-order valence-electron chi connectivity index (χ3n) is 3.06. The van der Waals surface area contributed by atoms with Crippen LogP contribution in [0.4, 0.5) is 0 Å². The minimum atomic E-state index is 0.788. The molecule has 19 heavy (non-hydrogen) atoms. The molecule has 0 unspecified atom stereocenters. The molecule has 0 amide bonds. The highest BCUT2D eigenvalue weighted by Crippen LogP contribution is 2.22. The molecule has 2 rings (SSSR count). The van der Waals surface area contributed by atoms with Crippen LogP contribution in [-0.2, 0) is 6.54 Å². The van der Waals surface area contributed by atoms with Crippen molar-refractivity contribution in [3.63, 3.8) is 0 Å². The number of aromatic nitrogens is 2. The first-order valence-electron chi connectivity index (χ1n) is 6.42. The number of halogens is 1. The molecule has 2 aromatic rings. The van der Waals surface area contributed by atoms with Crippen molar-refractivity contribution >= 4 is 15.9 Å². The topological polar surface area (TPSA) is 37.8 Å². The quantitative estimate of drug-likeness (QED) is 0.935. The Kier molecular flexibility index (Phi) is 4.66. The molecule has 0 aliphatic carbocycles. The lowest BCUT2D eigenvalue weighted by molar-refractivity contribution is 0.711. The molecule has 100 valence electrons. The Balaban J connectivity index is 2.39. The molecule has 0 radical (unpaired) electrons. The van der Waals surface area contributed by atoms with E-state index in [1.54, 1.807) is 0 Å². The van der Waals surface area contributed by atoms with E-state index in [1.165, 1.54) is 5.56 Å². The molecule has 0 bridgehead atoms. The summed E-state index contributed by atoms with van der Waals surface area (Å²) in [5.74, 6) is 0.788. The highest BCUT2D eigenvalue weighted by molar-refractivity contribution is 9.10. The zero-order valence-electron chi connectivity index (χ0n) is 11.5. The van der Waals surface area contributed by atoms with Crippen LogP contribution in [0.1, 0.15) is 23.9 Å². The van der Waals surface area contributed by atoms with Gasteiger partial charge in [0.05, 0.1) is 0 Å². The minimum absolute atomic E-state index is 0.788. The van der Waals surface area contributed by atoms with Crippen LogP contribution >= 0.6 is 15.9 Å². The molecule has 0 aliphatic rings. The van der Waals surface area contributed by atoms with Crippen molar-refractivity contribution in [3.8, 4) is 11.4 Å². The SMILES string of the molecule is CCNCc1c(C)nc(-c2cccc(Br)c2)nc1C. The van der Waals surface area contributed by atoms with Crippen LogP contribution in [0.25, 0.3) is 11.4 Å². The molecule has 4 heteroatoms. The third-order valence-corrected chi connectivity index (χ3v) is 3.55. The molecule has 1 aromatic heterocycles. The fourth-order valence-electron chi connectivity index (χ4n) is 2.00. The maximum Gasteiger partial charge on any atom is 0.159 e. The van der Waals surface area contributed by atoms with Gasteiger partial charge in [-0.05, 0) is 32.5 Å². The van der Waals surface area contributed by atoms with Gasteiger partial charge in [0.25, 0.3) is 0 Å². The van der Waals surface area contributed by atoms with Crippen molar-refractivity contribution in [1.82, 2.24) is 15.3 Å². The first kappa shape index (κ1) is 14.2. The third kappa shape index (κ3) is 3.39. The Morgan fingerprint density at radius 3 is 2.42 bits per heavy atom. The number of aryl methyl sites for hydroxylation is 2. The van der Waals surface area contributed by atoms with Gasteiger partial charge in [-0.25, -0.2) is 9.97 Å². The minimum Gasteiger partial charge on any atom is -0.313 e. The molecule has 1 heterocycles. The molecular formula is C15H18BrN3. The molecule has 1 aromatic carbocycles. The summed E-state index contributed by atoms with van der Waals surface area (Å²) in [6.07, 6.45) is 0. The first-order chi connectivity index (χ1) is 9.11. The van der Waals surface area contributed by atoms with E-state index in [0.29, 0.717) is 0 Å². The van der Waals surface area contributed by atoms with Gasteiger partial charge in [0.15, 0.2) is 5.82 Å². The van der Waals surface area contributed by atoms with E-state index in [4.69, 9.17) is 0 Å². The summed E-state index contributed by atoms with van der Waals surface area (Å²) >= 11 is 3.48. The monoisotopic (exact) mass is 319 g/mol. The molecule has 0 spiro atoms. The fourth-order valence-corrected chi connectivity index (χ4v) is 2.40. The Morgan fingerprint density at radius 1 is 1.16 bits per heavy atom. The largest absolute Gasteiger partial charge is 0.313 e. The Hall–Kier alpha value is -1.26. The van der Waals surface area contributed by atoms with Crippen LogP contribution in [0.3, 0.4) is 0 Å². The van der Waals surface area contributed by atoms with Gasteiger partial charge in [-0.3, -0.25) is 0 Å². The van der Waals surface area contributed by atoms with E-state index in [9.17, 15) is 0 Å². The predicted octanol–water partition coefficient (Wildman–Crippen LogP) is 3.63. The van der Waals surface area contributed by atoms with Crippen LogP contribution < -0.4 is 5.32 Å². The summed E-state index contributed by atoms with van der Waals surface area (Å²) in [6, 6.07) is 8.07. The standard InChI is InChI=1S/C15H18BrN3/c1-4-17-9-14-10(2)18-15(19-11(14)3)12-6-5-7-13(16)8-12/h5-8,17H,4,9H2,1-3H3. The summed E-state index contributed by atoms with van der Waals surface area (Å²) < 4.78 is 1.04. The lowest BCUT2D eigenvalue weighted by Gasteiger charge is -2.11. The Labute approximate surface area is 122 Å². The molecule has 0 saturated heterocycles. The van der Waals surface area contributed by atoms with Gasteiger partial charge in [-0.1, -0.05) is 35.0 Å². The van der Waals surface area contributed by atoms with E-state index in [1.807, 2.05) is 38.1 Å². The summed E-state index contributed by atoms with van der Waals surface area (Å²) in [6.45, 7) is 7.96. The second-order valence-corrected chi connectivity index (χ2v) is 5.40. The molecule has 0 aliphatic heterocycles. The second-order valence-electron chi connectivity index (χ2n) is 4.49. The van der Waals surface area contributed by atoms with Gasteiger partial charge in [0.2, 0.25) is 0 Å². The molecular weight excluding hydrogens is 302 g/mol.